The lowest BCUT2D eigenvalue weighted by Gasteiger charge is -2.28. The fourth-order valence-corrected chi connectivity index (χ4v) is 2.36. The first-order chi connectivity index (χ1) is 9.20. The van der Waals surface area contributed by atoms with Crippen molar-refractivity contribution in [1.29, 1.82) is 0 Å². The minimum Gasteiger partial charge on any atom is -0.501 e. The molecule has 3 N–H and O–H groups in total. The van der Waals surface area contributed by atoms with Crippen LogP contribution in [0.5, 0.6) is 5.75 Å². The molecule has 4 nitrogen and oxygen atoms in total. The number of hydrazine groups is 1. The van der Waals surface area contributed by atoms with E-state index in [0.717, 1.165) is 30.8 Å². The molecule has 1 aromatic rings. The van der Waals surface area contributed by atoms with Crippen LogP contribution in [-0.4, -0.2) is 18.8 Å². The fourth-order valence-electron chi connectivity index (χ4n) is 2.18. The molecule has 0 saturated heterocycles. The van der Waals surface area contributed by atoms with Gasteiger partial charge in [-0.05, 0) is 43.5 Å². The summed E-state index contributed by atoms with van der Waals surface area (Å²) in [6.07, 6.45) is 3.65. The van der Waals surface area contributed by atoms with Crippen molar-refractivity contribution < 1.29 is 9.47 Å². The molecule has 1 heterocycles. The van der Waals surface area contributed by atoms with Crippen LogP contribution >= 0.6 is 11.6 Å². The molecule has 0 bridgehead atoms. The van der Waals surface area contributed by atoms with E-state index < -0.39 is 0 Å². The third-order valence-corrected chi connectivity index (χ3v) is 3.36. The topological polar surface area (TPSA) is 56.5 Å². The second kappa shape index (κ2) is 6.80. The van der Waals surface area contributed by atoms with Gasteiger partial charge in [0.25, 0.3) is 0 Å². The number of hydrogen-bond acceptors (Lipinski definition) is 4. The quantitative estimate of drug-likeness (QED) is 0.644. The molecule has 2 atom stereocenters. The Kier molecular flexibility index (Phi) is 5.07. The second-order valence-corrected chi connectivity index (χ2v) is 5.03. The van der Waals surface area contributed by atoms with Gasteiger partial charge in [-0.1, -0.05) is 17.7 Å². The molecular weight excluding hydrogens is 264 g/mol. The van der Waals surface area contributed by atoms with E-state index in [-0.39, 0.29) is 12.1 Å². The predicted molar refractivity (Wildman–Crippen MR) is 75.9 cm³/mol. The first-order valence-corrected chi connectivity index (χ1v) is 6.77. The normalized spacial score (nSPS) is 18.2. The molecular formula is C14H19ClN2O2. The van der Waals surface area contributed by atoms with Gasteiger partial charge < -0.3 is 9.47 Å². The Morgan fingerprint density at radius 1 is 1.47 bits per heavy atom. The highest BCUT2D eigenvalue weighted by atomic mass is 35.5. The first kappa shape index (κ1) is 14.2. The van der Waals surface area contributed by atoms with Crippen LogP contribution in [0.15, 0.2) is 36.1 Å². The van der Waals surface area contributed by atoms with E-state index in [2.05, 4.69) is 5.43 Å². The number of hydrogen-bond donors (Lipinski definition) is 2. The second-order valence-electron chi connectivity index (χ2n) is 4.59. The number of nitrogens with one attached hydrogen (secondary N) is 1. The summed E-state index contributed by atoms with van der Waals surface area (Å²) >= 11 is 5.94. The summed E-state index contributed by atoms with van der Waals surface area (Å²) in [7, 11) is 0. The number of halogens is 1. The largest absolute Gasteiger partial charge is 0.501 e. The predicted octanol–water partition coefficient (Wildman–Crippen LogP) is 2.63. The van der Waals surface area contributed by atoms with Crippen LogP contribution in [0.25, 0.3) is 0 Å². The molecule has 0 aliphatic carbocycles. The highest BCUT2D eigenvalue weighted by Gasteiger charge is 2.23. The minimum atomic E-state index is -0.114. The molecule has 1 aromatic carbocycles. The number of rotatable bonds is 5. The van der Waals surface area contributed by atoms with Gasteiger partial charge in [0.15, 0.2) is 0 Å². The summed E-state index contributed by atoms with van der Waals surface area (Å²) in [6, 6.07) is 7.27. The van der Waals surface area contributed by atoms with Crippen molar-refractivity contribution >= 4 is 11.6 Å². The minimum absolute atomic E-state index is 0.0701. The van der Waals surface area contributed by atoms with Crippen LogP contribution in [-0.2, 0) is 4.74 Å². The molecule has 0 fully saturated rings. The molecule has 0 radical (unpaired) electrons. The average Bonchev–Trinajstić information content (AvgIpc) is 2.41. The smallest absolute Gasteiger partial charge is 0.121 e. The van der Waals surface area contributed by atoms with E-state index in [0.29, 0.717) is 5.02 Å². The third-order valence-electron chi connectivity index (χ3n) is 3.13. The molecule has 1 aliphatic rings. The van der Waals surface area contributed by atoms with Crippen molar-refractivity contribution in [3.63, 3.8) is 0 Å². The molecule has 0 amide bonds. The maximum atomic E-state index is 5.94. The highest BCUT2D eigenvalue weighted by molar-refractivity contribution is 6.30. The van der Waals surface area contributed by atoms with E-state index in [1.54, 1.807) is 12.3 Å². The van der Waals surface area contributed by atoms with Crippen LogP contribution < -0.4 is 16.0 Å². The molecule has 2 rings (SSSR count). The summed E-state index contributed by atoms with van der Waals surface area (Å²) in [4.78, 5) is 0. The standard InChI is InChI=1S/C14H19ClN2O2/c1-10(19-13-6-2-5-12(15)8-13)14(17-16)11-4-3-7-18-9-11/h2,5-6,8-10,14,17H,3-4,7,16H2,1H3. The van der Waals surface area contributed by atoms with Gasteiger partial charge in [-0.3, -0.25) is 5.84 Å². The third kappa shape index (κ3) is 3.86. The van der Waals surface area contributed by atoms with Crippen LogP contribution in [0.1, 0.15) is 19.8 Å². The molecule has 104 valence electrons. The monoisotopic (exact) mass is 282 g/mol. The van der Waals surface area contributed by atoms with Crippen LogP contribution in [0.4, 0.5) is 0 Å². The summed E-state index contributed by atoms with van der Waals surface area (Å²) in [5.41, 5.74) is 3.93. The number of benzene rings is 1. The summed E-state index contributed by atoms with van der Waals surface area (Å²) < 4.78 is 11.2. The lowest BCUT2D eigenvalue weighted by molar-refractivity contribution is 0.167. The van der Waals surface area contributed by atoms with E-state index in [4.69, 9.17) is 26.9 Å². The molecule has 0 aromatic heterocycles. The van der Waals surface area contributed by atoms with E-state index in [1.807, 2.05) is 25.1 Å². The summed E-state index contributed by atoms with van der Waals surface area (Å²) in [6.45, 7) is 2.74. The van der Waals surface area contributed by atoms with Gasteiger partial charge in [-0.25, -0.2) is 5.43 Å². The summed E-state index contributed by atoms with van der Waals surface area (Å²) in [5, 5.41) is 0.655. The van der Waals surface area contributed by atoms with Crippen molar-refractivity contribution in [3.8, 4) is 5.75 Å². The SMILES string of the molecule is CC(Oc1cccc(Cl)c1)C(NN)C1=COCCC1. The van der Waals surface area contributed by atoms with Gasteiger partial charge in [-0.2, -0.15) is 0 Å². The maximum Gasteiger partial charge on any atom is 0.121 e. The zero-order valence-corrected chi connectivity index (χ0v) is 11.7. The fraction of sp³-hybridized carbons (Fsp3) is 0.429. The van der Waals surface area contributed by atoms with Gasteiger partial charge in [0, 0.05) is 5.02 Å². The van der Waals surface area contributed by atoms with Gasteiger partial charge >= 0.3 is 0 Å². The zero-order chi connectivity index (χ0) is 13.7. The van der Waals surface area contributed by atoms with Crippen molar-refractivity contribution in [2.24, 2.45) is 5.84 Å². The zero-order valence-electron chi connectivity index (χ0n) is 10.9. The average molecular weight is 283 g/mol. The van der Waals surface area contributed by atoms with Gasteiger partial charge in [0.1, 0.15) is 11.9 Å². The van der Waals surface area contributed by atoms with Crippen molar-refractivity contribution in [2.45, 2.75) is 31.9 Å². The summed E-state index contributed by atoms with van der Waals surface area (Å²) in [5.74, 6) is 6.37. The van der Waals surface area contributed by atoms with Crippen LogP contribution in [0.2, 0.25) is 5.02 Å². The molecule has 19 heavy (non-hydrogen) atoms. The Labute approximate surface area is 118 Å². The van der Waals surface area contributed by atoms with Crippen molar-refractivity contribution in [2.75, 3.05) is 6.61 Å². The maximum absolute atomic E-state index is 5.94. The van der Waals surface area contributed by atoms with Crippen LogP contribution in [0, 0.1) is 0 Å². The van der Waals surface area contributed by atoms with E-state index in [1.165, 1.54) is 0 Å². The van der Waals surface area contributed by atoms with Gasteiger partial charge in [0.05, 0.1) is 18.9 Å². The van der Waals surface area contributed by atoms with Gasteiger partial charge in [0.2, 0.25) is 0 Å². The molecule has 1 aliphatic heterocycles. The molecule has 2 unspecified atom stereocenters. The Hall–Kier alpha value is -1.23. The van der Waals surface area contributed by atoms with Crippen molar-refractivity contribution in [1.82, 2.24) is 5.43 Å². The van der Waals surface area contributed by atoms with Gasteiger partial charge in [-0.15, -0.1) is 0 Å². The van der Waals surface area contributed by atoms with E-state index in [9.17, 15) is 0 Å². The first-order valence-electron chi connectivity index (χ1n) is 6.39. The number of ether oxygens (including phenoxy) is 2. The Morgan fingerprint density at radius 2 is 2.32 bits per heavy atom. The Morgan fingerprint density at radius 3 is 2.95 bits per heavy atom. The lowest BCUT2D eigenvalue weighted by Crippen LogP contribution is -2.47. The Bertz CT molecular complexity index is 451. The van der Waals surface area contributed by atoms with Crippen LogP contribution in [0.3, 0.4) is 0 Å². The molecule has 0 saturated carbocycles. The molecule has 0 spiro atoms. The highest BCUT2D eigenvalue weighted by Crippen LogP contribution is 2.23. The van der Waals surface area contributed by atoms with Crippen molar-refractivity contribution in [3.05, 3.63) is 41.1 Å². The number of nitrogens with two attached hydrogens (primary N) is 1. The lowest BCUT2D eigenvalue weighted by atomic mass is 9.98. The van der Waals surface area contributed by atoms with E-state index >= 15 is 0 Å². The molecule has 5 heteroatoms. The Balaban J connectivity index is 2.04.